The van der Waals surface area contributed by atoms with Gasteiger partial charge >= 0.3 is 5.69 Å². The highest BCUT2D eigenvalue weighted by atomic mass is 19.1. The first-order chi connectivity index (χ1) is 7.11. The number of nitrogens with zero attached hydrogens (tertiary/aromatic N) is 2. The number of nitrogens with two attached hydrogens (primary N) is 1. The molecule has 0 aliphatic carbocycles. The summed E-state index contributed by atoms with van der Waals surface area (Å²) in [6, 6.07) is 0. The third-order valence-corrected chi connectivity index (χ3v) is 2.04. The molecule has 1 aromatic rings. The Morgan fingerprint density at radius 1 is 1.40 bits per heavy atom. The van der Waals surface area contributed by atoms with Gasteiger partial charge in [0, 0.05) is 12.7 Å². The van der Waals surface area contributed by atoms with Crippen LogP contribution in [0.5, 0.6) is 0 Å². The molecule has 0 fully saturated rings. The molecule has 0 bridgehead atoms. The van der Waals surface area contributed by atoms with Crippen LogP contribution in [0, 0.1) is 0 Å². The molecule has 0 aromatic carbocycles. The number of hydrogen-bond acceptors (Lipinski definition) is 3. The van der Waals surface area contributed by atoms with Crippen molar-refractivity contribution in [3.63, 3.8) is 0 Å². The molecule has 0 saturated carbocycles. The average molecular weight is 215 g/mol. The summed E-state index contributed by atoms with van der Waals surface area (Å²) in [7, 11) is 0. The van der Waals surface area contributed by atoms with Crippen molar-refractivity contribution in [2.45, 2.75) is 26.4 Å². The standard InChI is InChI=1S/C9H14FN3O2/c1-2-4-12-6-7(11)8(14)13(5-3-10)9(12)15/h6H,2-5,11H2,1H3. The molecule has 0 radical (unpaired) electrons. The third kappa shape index (κ3) is 2.26. The maximum atomic E-state index is 12.1. The van der Waals surface area contributed by atoms with Gasteiger partial charge in [0.05, 0.1) is 6.54 Å². The molecule has 6 heteroatoms. The molecule has 2 N–H and O–H groups in total. The number of rotatable bonds is 4. The Bertz CT molecular complexity index is 450. The van der Waals surface area contributed by atoms with Crippen LogP contribution in [0.15, 0.2) is 15.8 Å². The quantitative estimate of drug-likeness (QED) is 0.766. The van der Waals surface area contributed by atoms with Gasteiger partial charge in [-0.05, 0) is 6.42 Å². The SMILES string of the molecule is CCCn1cc(N)c(=O)n(CCF)c1=O. The Hall–Kier alpha value is -1.59. The molecule has 0 saturated heterocycles. The van der Waals surface area contributed by atoms with Gasteiger partial charge in [-0.15, -0.1) is 0 Å². The van der Waals surface area contributed by atoms with Crippen molar-refractivity contribution >= 4 is 5.69 Å². The molecule has 84 valence electrons. The van der Waals surface area contributed by atoms with E-state index in [1.807, 2.05) is 6.92 Å². The van der Waals surface area contributed by atoms with Crippen LogP contribution in [0.25, 0.3) is 0 Å². The zero-order valence-corrected chi connectivity index (χ0v) is 8.57. The molecule has 0 aliphatic heterocycles. The minimum absolute atomic E-state index is 0.0310. The first kappa shape index (κ1) is 11.5. The van der Waals surface area contributed by atoms with E-state index in [4.69, 9.17) is 5.73 Å². The summed E-state index contributed by atoms with van der Waals surface area (Å²) in [5, 5.41) is 0. The zero-order chi connectivity index (χ0) is 11.4. The molecule has 5 nitrogen and oxygen atoms in total. The highest BCUT2D eigenvalue weighted by Crippen LogP contribution is 1.91. The average Bonchev–Trinajstić information content (AvgIpc) is 2.21. The summed E-state index contributed by atoms with van der Waals surface area (Å²) < 4.78 is 14.3. The molecule has 1 rings (SSSR count). The van der Waals surface area contributed by atoms with Crippen molar-refractivity contribution in [1.82, 2.24) is 9.13 Å². The fourth-order valence-corrected chi connectivity index (χ4v) is 1.36. The van der Waals surface area contributed by atoms with Gasteiger partial charge in [-0.25, -0.2) is 9.18 Å². The van der Waals surface area contributed by atoms with E-state index in [-0.39, 0.29) is 12.2 Å². The molecule has 0 spiro atoms. The van der Waals surface area contributed by atoms with Crippen molar-refractivity contribution in [1.29, 1.82) is 0 Å². The summed E-state index contributed by atoms with van der Waals surface area (Å²) in [6.45, 7) is 1.36. The lowest BCUT2D eigenvalue weighted by atomic mass is 10.4. The molecular formula is C9H14FN3O2. The number of alkyl halides is 1. The van der Waals surface area contributed by atoms with Crippen LogP contribution in [0.4, 0.5) is 10.1 Å². The number of anilines is 1. The summed E-state index contributed by atoms with van der Waals surface area (Å²) >= 11 is 0. The summed E-state index contributed by atoms with van der Waals surface area (Å²) in [5.74, 6) is 0. The van der Waals surface area contributed by atoms with Gasteiger partial charge < -0.3 is 5.73 Å². The van der Waals surface area contributed by atoms with Gasteiger partial charge in [0.1, 0.15) is 12.4 Å². The van der Waals surface area contributed by atoms with E-state index in [9.17, 15) is 14.0 Å². The van der Waals surface area contributed by atoms with E-state index in [1.165, 1.54) is 10.8 Å². The lowest BCUT2D eigenvalue weighted by Crippen LogP contribution is -2.41. The monoisotopic (exact) mass is 215 g/mol. The highest BCUT2D eigenvalue weighted by molar-refractivity contribution is 5.30. The maximum Gasteiger partial charge on any atom is 0.331 e. The van der Waals surface area contributed by atoms with Gasteiger partial charge in [0.25, 0.3) is 5.56 Å². The minimum atomic E-state index is -0.759. The Morgan fingerprint density at radius 3 is 2.60 bits per heavy atom. The van der Waals surface area contributed by atoms with Crippen LogP contribution in [0.3, 0.4) is 0 Å². The van der Waals surface area contributed by atoms with Crippen LogP contribution in [0.2, 0.25) is 0 Å². The van der Waals surface area contributed by atoms with E-state index in [0.29, 0.717) is 6.54 Å². The summed E-state index contributed by atoms with van der Waals surface area (Å²) in [5.41, 5.74) is 4.28. The Morgan fingerprint density at radius 2 is 2.07 bits per heavy atom. The Kier molecular flexibility index (Phi) is 3.65. The van der Waals surface area contributed by atoms with E-state index in [2.05, 4.69) is 0 Å². The summed E-state index contributed by atoms with van der Waals surface area (Å²) in [6.07, 6.45) is 2.05. The maximum absolute atomic E-state index is 12.1. The van der Waals surface area contributed by atoms with Gasteiger partial charge in [-0.2, -0.15) is 0 Å². The van der Waals surface area contributed by atoms with Crippen molar-refractivity contribution < 1.29 is 4.39 Å². The van der Waals surface area contributed by atoms with Crippen molar-refractivity contribution in [2.75, 3.05) is 12.4 Å². The smallest absolute Gasteiger partial charge is 0.331 e. The second-order valence-corrected chi connectivity index (χ2v) is 3.21. The van der Waals surface area contributed by atoms with Crippen molar-refractivity contribution in [3.8, 4) is 0 Å². The van der Waals surface area contributed by atoms with Gasteiger partial charge in [0.15, 0.2) is 0 Å². The van der Waals surface area contributed by atoms with E-state index in [0.717, 1.165) is 11.0 Å². The number of hydrogen-bond donors (Lipinski definition) is 1. The second kappa shape index (κ2) is 4.77. The number of aryl methyl sites for hydroxylation is 1. The normalized spacial score (nSPS) is 10.5. The van der Waals surface area contributed by atoms with Crippen molar-refractivity contribution in [2.24, 2.45) is 0 Å². The molecule has 0 aliphatic rings. The highest BCUT2D eigenvalue weighted by Gasteiger charge is 2.08. The second-order valence-electron chi connectivity index (χ2n) is 3.21. The fraction of sp³-hybridized carbons (Fsp3) is 0.556. The lowest BCUT2D eigenvalue weighted by Gasteiger charge is -2.08. The van der Waals surface area contributed by atoms with E-state index < -0.39 is 17.9 Å². The topological polar surface area (TPSA) is 70.0 Å². The van der Waals surface area contributed by atoms with Gasteiger partial charge in [-0.3, -0.25) is 13.9 Å². The van der Waals surface area contributed by atoms with Crippen LogP contribution in [0.1, 0.15) is 13.3 Å². The first-order valence-corrected chi connectivity index (χ1v) is 4.77. The van der Waals surface area contributed by atoms with Crippen LogP contribution in [-0.2, 0) is 13.1 Å². The lowest BCUT2D eigenvalue weighted by molar-refractivity contribution is 0.423. The van der Waals surface area contributed by atoms with Crippen molar-refractivity contribution in [3.05, 3.63) is 27.0 Å². The molecular weight excluding hydrogens is 201 g/mol. The molecule has 0 unspecified atom stereocenters. The summed E-state index contributed by atoms with van der Waals surface area (Å²) in [4.78, 5) is 23.0. The van der Waals surface area contributed by atoms with E-state index >= 15 is 0 Å². The van der Waals surface area contributed by atoms with Gasteiger partial charge in [-0.1, -0.05) is 6.92 Å². The number of nitrogen functional groups attached to an aromatic ring is 1. The Balaban J connectivity index is 3.35. The molecule has 1 aromatic heterocycles. The number of halogens is 1. The molecule has 1 heterocycles. The fourth-order valence-electron chi connectivity index (χ4n) is 1.36. The van der Waals surface area contributed by atoms with Gasteiger partial charge in [0.2, 0.25) is 0 Å². The van der Waals surface area contributed by atoms with Crippen LogP contribution >= 0.6 is 0 Å². The first-order valence-electron chi connectivity index (χ1n) is 4.77. The number of aromatic nitrogens is 2. The van der Waals surface area contributed by atoms with E-state index in [1.54, 1.807) is 0 Å². The third-order valence-electron chi connectivity index (χ3n) is 2.04. The predicted molar refractivity (Wildman–Crippen MR) is 55.6 cm³/mol. The molecule has 0 atom stereocenters. The molecule has 15 heavy (non-hydrogen) atoms. The van der Waals surface area contributed by atoms with Crippen LogP contribution in [-0.4, -0.2) is 15.8 Å². The minimum Gasteiger partial charge on any atom is -0.393 e. The largest absolute Gasteiger partial charge is 0.393 e. The predicted octanol–water partition coefficient (Wildman–Crippen LogP) is -0.0283. The molecule has 0 amide bonds. The zero-order valence-electron chi connectivity index (χ0n) is 8.57. The Labute approximate surface area is 85.9 Å². The van der Waals surface area contributed by atoms with Crippen LogP contribution < -0.4 is 17.0 Å².